The van der Waals surface area contributed by atoms with Crippen LogP contribution in [0.25, 0.3) is 0 Å². The molecular formula is C20H27N3O5. The molecule has 0 unspecified atom stereocenters. The third-order valence-corrected chi connectivity index (χ3v) is 6.10. The quantitative estimate of drug-likeness (QED) is 0.764. The Morgan fingerprint density at radius 3 is 2.32 bits per heavy atom. The van der Waals surface area contributed by atoms with E-state index in [9.17, 15) is 4.79 Å². The molecule has 1 aromatic carbocycles. The maximum Gasteiger partial charge on any atom is 0.320 e. The normalized spacial score (nSPS) is 24.1. The summed E-state index contributed by atoms with van der Waals surface area (Å²) in [6.07, 6.45) is 1.53. The molecule has 0 aliphatic carbocycles. The average molecular weight is 389 g/mol. The van der Waals surface area contributed by atoms with Gasteiger partial charge in [0.1, 0.15) is 0 Å². The predicted octanol–water partition coefficient (Wildman–Crippen LogP) is 1.49. The highest BCUT2D eigenvalue weighted by Crippen LogP contribution is 2.33. The van der Waals surface area contributed by atoms with Gasteiger partial charge in [0.25, 0.3) is 0 Å². The van der Waals surface area contributed by atoms with Crippen molar-refractivity contribution in [1.29, 1.82) is 0 Å². The molecule has 0 aromatic heterocycles. The number of piperazine rings is 1. The number of amides is 2. The Morgan fingerprint density at radius 2 is 1.57 bits per heavy atom. The smallest absolute Gasteiger partial charge is 0.320 e. The van der Waals surface area contributed by atoms with Crippen molar-refractivity contribution in [2.24, 2.45) is 0 Å². The number of urea groups is 1. The Morgan fingerprint density at radius 1 is 0.893 bits per heavy atom. The van der Waals surface area contributed by atoms with Crippen LogP contribution in [-0.2, 0) is 16.0 Å². The number of hydrogen-bond acceptors (Lipinski definition) is 6. The summed E-state index contributed by atoms with van der Waals surface area (Å²) in [7, 11) is 0. The van der Waals surface area contributed by atoms with Gasteiger partial charge in [-0.2, -0.15) is 0 Å². The molecule has 3 fully saturated rings. The topological polar surface area (TPSA) is 63.7 Å². The van der Waals surface area contributed by atoms with E-state index in [1.165, 1.54) is 5.56 Å². The van der Waals surface area contributed by atoms with Crippen LogP contribution in [0.2, 0.25) is 0 Å². The molecule has 3 saturated heterocycles. The van der Waals surface area contributed by atoms with Gasteiger partial charge in [0.05, 0.1) is 13.2 Å². The summed E-state index contributed by atoms with van der Waals surface area (Å²) in [6, 6.07) is 6.26. The van der Waals surface area contributed by atoms with E-state index in [2.05, 4.69) is 17.0 Å². The Balaban J connectivity index is 1.10. The van der Waals surface area contributed by atoms with Crippen LogP contribution in [-0.4, -0.2) is 85.8 Å². The maximum atomic E-state index is 12.9. The summed E-state index contributed by atoms with van der Waals surface area (Å²) < 4.78 is 22.3. The molecule has 0 saturated carbocycles. The van der Waals surface area contributed by atoms with E-state index in [0.717, 1.165) is 57.1 Å². The zero-order valence-corrected chi connectivity index (χ0v) is 16.1. The maximum absolute atomic E-state index is 12.9. The molecule has 2 amide bonds. The fraction of sp³-hybridized carbons (Fsp3) is 0.650. The van der Waals surface area contributed by atoms with Crippen LogP contribution in [0, 0.1) is 0 Å². The molecule has 5 rings (SSSR count). The molecule has 28 heavy (non-hydrogen) atoms. The number of piperidine rings is 1. The average Bonchev–Trinajstić information content (AvgIpc) is 3.38. The third-order valence-electron chi connectivity index (χ3n) is 6.10. The minimum Gasteiger partial charge on any atom is -0.454 e. The van der Waals surface area contributed by atoms with Gasteiger partial charge in [0.15, 0.2) is 17.3 Å². The first-order valence-electron chi connectivity index (χ1n) is 10.1. The number of benzene rings is 1. The zero-order chi connectivity index (χ0) is 19.0. The first kappa shape index (κ1) is 18.0. The van der Waals surface area contributed by atoms with Crippen molar-refractivity contribution in [2.45, 2.75) is 25.2 Å². The molecule has 0 bridgehead atoms. The number of rotatable bonds is 2. The van der Waals surface area contributed by atoms with Crippen molar-refractivity contribution >= 4 is 6.03 Å². The van der Waals surface area contributed by atoms with E-state index in [0.29, 0.717) is 33.1 Å². The standard InChI is InChI=1S/C20H27N3O5/c24-19(22-5-3-20(4-6-22)27-11-12-28-20)23-9-7-21(8-10-23)14-16-1-2-17-18(13-16)26-15-25-17/h1-2,13H,3-12,14-15H2. The second kappa shape index (κ2) is 7.42. The minimum atomic E-state index is -0.430. The number of fused-ring (bicyclic) bond motifs is 1. The van der Waals surface area contributed by atoms with Gasteiger partial charge in [-0.15, -0.1) is 0 Å². The van der Waals surface area contributed by atoms with Crippen molar-refractivity contribution in [3.63, 3.8) is 0 Å². The van der Waals surface area contributed by atoms with Gasteiger partial charge in [-0.3, -0.25) is 4.90 Å². The number of carbonyl (C=O) groups excluding carboxylic acids is 1. The highest BCUT2D eigenvalue weighted by molar-refractivity contribution is 5.74. The first-order valence-corrected chi connectivity index (χ1v) is 10.1. The minimum absolute atomic E-state index is 0.149. The number of nitrogens with zero attached hydrogens (tertiary/aromatic N) is 3. The van der Waals surface area contributed by atoms with E-state index in [4.69, 9.17) is 18.9 Å². The third kappa shape index (κ3) is 3.52. The Hall–Kier alpha value is -2.03. The summed E-state index contributed by atoms with van der Waals surface area (Å²) in [6.45, 7) is 7.19. The largest absolute Gasteiger partial charge is 0.454 e. The molecule has 1 spiro atoms. The van der Waals surface area contributed by atoms with Gasteiger partial charge in [-0.05, 0) is 17.7 Å². The van der Waals surface area contributed by atoms with Crippen molar-refractivity contribution in [2.75, 3.05) is 59.3 Å². The van der Waals surface area contributed by atoms with E-state index < -0.39 is 5.79 Å². The second-order valence-electron chi connectivity index (χ2n) is 7.83. The molecule has 0 N–H and O–H groups in total. The van der Waals surface area contributed by atoms with Gasteiger partial charge in [-0.25, -0.2) is 4.79 Å². The van der Waals surface area contributed by atoms with Gasteiger partial charge in [-0.1, -0.05) is 6.07 Å². The molecule has 0 radical (unpaired) electrons. The molecule has 4 aliphatic heterocycles. The van der Waals surface area contributed by atoms with E-state index >= 15 is 0 Å². The van der Waals surface area contributed by atoms with Crippen LogP contribution in [0.4, 0.5) is 4.79 Å². The van der Waals surface area contributed by atoms with Crippen LogP contribution in [0.3, 0.4) is 0 Å². The number of hydrogen-bond donors (Lipinski definition) is 0. The summed E-state index contributed by atoms with van der Waals surface area (Å²) in [5, 5.41) is 0. The zero-order valence-electron chi connectivity index (χ0n) is 16.1. The van der Waals surface area contributed by atoms with E-state index in [1.54, 1.807) is 0 Å². The van der Waals surface area contributed by atoms with Crippen molar-refractivity contribution in [3.05, 3.63) is 23.8 Å². The van der Waals surface area contributed by atoms with Crippen LogP contribution in [0.1, 0.15) is 18.4 Å². The van der Waals surface area contributed by atoms with Gasteiger partial charge < -0.3 is 28.7 Å². The molecular weight excluding hydrogens is 362 g/mol. The summed E-state index contributed by atoms with van der Waals surface area (Å²) in [4.78, 5) is 19.2. The molecule has 0 atom stereocenters. The van der Waals surface area contributed by atoms with E-state index in [-0.39, 0.29) is 6.03 Å². The van der Waals surface area contributed by atoms with Crippen LogP contribution < -0.4 is 9.47 Å². The van der Waals surface area contributed by atoms with Gasteiger partial charge in [0.2, 0.25) is 6.79 Å². The van der Waals surface area contributed by atoms with E-state index in [1.807, 2.05) is 15.9 Å². The second-order valence-corrected chi connectivity index (χ2v) is 7.83. The lowest BCUT2D eigenvalue weighted by atomic mass is 10.0. The molecule has 4 heterocycles. The lowest BCUT2D eigenvalue weighted by molar-refractivity contribution is -0.182. The highest BCUT2D eigenvalue weighted by Gasteiger charge is 2.41. The number of carbonyl (C=O) groups is 1. The molecule has 1 aromatic rings. The van der Waals surface area contributed by atoms with Crippen LogP contribution in [0.15, 0.2) is 18.2 Å². The number of likely N-dealkylation sites (tertiary alicyclic amines) is 1. The van der Waals surface area contributed by atoms with Crippen molar-refractivity contribution in [1.82, 2.24) is 14.7 Å². The SMILES string of the molecule is O=C(N1CCN(Cc2ccc3c(c2)OCO3)CC1)N1CCC2(CC1)OCCO2. The van der Waals surface area contributed by atoms with Crippen molar-refractivity contribution in [3.8, 4) is 11.5 Å². The Bertz CT molecular complexity index is 719. The summed E-state index contributed by atoms with van der Waals surface area (Å²) >= 11 is 0. The van der Waals surface area contributed by atoms with Crippen molar-refractivity contribution < 1.29 is 23.7 Å². The highest BCUT2D eigenvalue weighted by atomic mass is 16.7. The molecule has 152 valence electrons. The Labute approximate surface area is 164 Å². The lowest BCUT2D eigenvalue weighted by Crippen LogP contribution is -2.55. The number of ether oxygens (including phenoxy) is 4. The van der Waals surface area contributed by atoms with Gasteiger partial charge in [0, 0.05) is 58.7 Å². The summed E-state index contributed by atoms with van der Waals surface area (Å²) in [5.41, 5.74) is 1.21. The van der Waals surface area contributed by atoms with Crippen LogP contribution in [0.5, 0.6) is 11.5 Å². The molecule has 8 nitrogen and oxygen atoms in total. The molecule has 8 heteroatoms. The van der Waals surface area contributed by atoms with Gasteiger partial charge >= 0.3 is 6.03 Å². The predicted molar refractivity (Wildman–Crippen MR) is 100 cm³/mol. The Kier molecular flexibility index (Phi) is 4.78. The fourth-order valence-electron chi connectivity index (χ4n) is 4.42. The lowest BCUT2D eigenvalue weighted by Gasteiger charge is -2.41. The summed E-state index contributed by atoms with van der Waals surface area (Å²) in [5.74, 6) is 1.21. The molecule has 4 aliphatic rings. The monoisotopic (exact) mass is 389 g/mol. The fourth-order valence-corrected chi connectivity index (χ4v) is 4.42. The van der Waals surface area contributed by atoms with Crippen LogP contribution >= 0.6 is 0 Å². The first-order chi connectivity index (χ1) is 13.7.